The maximum atomic E-state index is 12.8. The van der Waals surface area contributed by atoms with Crippen LogP contribution in [-0.4, -0.2) is 34.8 Å². The Labute approximate surface area is 126 Å². The Morgan fingerprint density at radius 2 is 1.86 bits per heavy atom. The Kier molecular flexibility index (Phi) is 3.14. The number of hydrogen-bond donors (Lipinski definition) is 1. The van der Waals surface area contributed by atoms with E-state index in [0.717, 1.165) is 38.6 Å². The summed E-state index contributed by atoms with van der Waals surface area (Å²) in [6.45, 7) is 3.13. The number of nitrogens with zero attached hydrogens (tertiary/aromatic N) is 1. The molecule has 2 aliphatic heterocycles. The van der Waals surface area contributed by atoms with Gasteiger partial charge in [-0.2, -0.15) is 0 Å². The summed E-state index contributed by atoms with van der Waals surface area (Å²) in [7, 11) is 0. The lowest BCUT2D eigenvalue weighted by molar-refractivity contribution is -0.145. The highest BCUT2D eigenvalue weighted by molar-refractivity contribution is 6.05. The van der Waals surface area contributed by atoms with Gasteiger partial charge < -0.3 is 5.32 Å². The van der Waals surface area contributed by atoms with Crippen molar-refractivity contribution in [2.45, 2.75) is 69.9 Å². The van der Waals surface area contributed by atoms with Crippen molar-refractivity contribution >= 4 is 11.8 Å². The average molecular weight is 290 g/mol. The van der Waals surface area contributed by atoms with Crippen molar-refractivity contribution in [2.75, 3.05) is 6.54 Å². The zero-order valence-corrected chi connectivity index (χ0v) is 12.9. The number of hydrogen-bond acceptors (Lipinski definition) is 3. The summed E-state index contributed by atoms with van der Waals surface area (Å²) >= 11 is 0. The second-order valence-corrected chi connectivity index (χ2v) is 7.71. The molecule has 0 aromatic rings. The zero-order chi connectivity index (χ0) is 14.6. The second-order valence-electron chi connectivity index (χ2n) is 7.71. The third kappa shape index (κ3) is 1.98. The van der Waals surface area contributed by atoms with Crippen LogP contribution in [0.2, 0.25) is 0 Å². The molecule has 1 spiro atoms. The first-order chi connectivity index (χ1) is 10.1. The summed E-state index contributed by atoms with van der Waals surface area (Å²) in [5, 5.41) is 3.63. The van der Waals surface area contributed by atoms with Gasteiger partial charge in [0.05, 0.1) is 11.8 Å². The molecular formula is C17H26N2O2. The first-order valence-electron chi connectivity index (χ1n) is 8.75. The SMILES string of the molecule is CCC1CC2C(=O)N(C3CCNC4(CCC4)C3)C(=O)C2C1. The Hall–Kier alpha value is -0.900. The van der Waals surface area contributed by atoms with Gasteiger partial charge in [0.2, 0.25) is 11.8 Å². The van der Waals surface area contributed by atoms with Crippen molar-refractivity contribution in [3.63, 3.8) is 0 Å². The molecular weight excluding hydrogens is 264 g/mol. The van der Waals surface area contributed by atoms with Crippen LogP contribution < -0.4 is 5.32 Å². The fourth-order valence-electron chi connectivity index (χ4n) is 5.18. The monoisotopic (exact) mass is 290 g/mol. The van der Waals surface area contributed by atoms with Gasteiger partial charge in [0.25, 0.3) is 0 Å². The molecule has 0 aromatic heterocycles. The molecule has 0 radical (unpaired) electrons. The molecule has 2 heterocycles. The Morgan fingerprint density at radius 3 is 2.38 bits per heavy atom. The fraction of sp³-hybridized carbons (Fsp3) is 0.882. The second kappa shape index (κ2) is 4.80. The van der Waals surface area contributed by atoms with Crippen molar-refractivity contribution in [1.82, 2.24) is 10.2 Å². The summed E-state index contributed by atoms with van der Waals surface area (Å²) in [5.74, 6) is 0.912. The predicted molar refractivity (Wildman–Crippen MR) is 79.5 cm³/mol. The normalized spacial score (nSPS) is 41.5. The number of piperidine rings is 1. The van der Waals surface area contributed by atoms with E-state index in [1.807, 2.05) is 0 Å². The molecule has 1 N–H and O–H groups in total. The number of likely N-dealkylation sites (tertiary alicyclic amines) is 1. The standard InChI is InChI=1S/C17H26N2O2/c1-2-11-8-13-14(9-11)16(21)19(15(13)20)12-4-7-18-17(10-12)5-3-6-17/h11-14,18H,2-10H2,1H3. The third-order valence-electron chi connectivity index (χ3n) is 6.63. The van der Waals surface area contributed by atoms with Crippen molar-refractivity contribution < 1.29 is 9.59 Å². The van der Waals surface area contributed by atoms with E-state index in [9.17, 15) is 9.59 Å². The van der Waals surface area contributed by atoms with E-state index in [-0.39, 0.29) is 35.2 Å². The number of amides is 2. The first kappa shape index (κ1) is 13.7. The molecule has 2 saturated carbocycles. The van der Waals surface area contributed by atoms with Crippen LogP contribution in [0.3, 0.4) is 0 Å². The molecule has 4 aliphatic rings. The minimum absolute atomic E-state index is 0.00896. The summed E-state index contributed by atoms with van der Waals surface area (Å²) in [5.41, 5.74) is 0.243. The van der Waals surface area contributed by atoms with Crippen LogP contribution >= 0.6 is 0 Å². The largest absolute Gasteiger partial charge is 0.311 e. The Balaban J connectivity index is 1.51. The van der Waals surface area contributed by atoms with Crippen LogP contribution in [0, 0.1) is 17.8 Å². The van der Waals surface area contributed by atoms with Gasteiger partial charge in [-0.05, 0) is 57.4 Å². The Morgan fingerprint density at radius 1 is 1.19 bits per heavy atom. The lowest BCUT2D eigenvalue weighted by Gasteiger charge is -2.49. The van der Waals surface area contributed by atoms with E-state index in [1.165, 1.54) is 19.3 Å². The van der Waals surface area contributed by atoms with E-state index in [1.54, 1.807) is 4.90 Å². The van der Waals surface area contributed by atoms with Crippen LogP contribution in [0.1, 0.15) is 58.3 Å². The molecule has 116 valence electrons. The van der Waals surface area contributed by atoms with Crippen LogP contribution in [0.15, 0.2) is 0 Å². The molecule has 2 saturated heterocycles. The Bertz CT molecular complexity index is 447. The van der Waals surface area contributed by atoms with E-state index >= 15 is 0 Å². The molecule has 4 fully saturated rings. The van der Waals surface area contributed by atoms with Crippen LogP contribution in [-0.2, 0) is 9.59 Å². The van der Waals surface area contributed by atoms with Gasteiger partial charge >= 0.3 is 0 Å². The molecule has 3 atom stereocenters. The highest BCUT2D eigenvalue weighted by Gasteiger charge is 2.55. The van der Waals surface area contributed by atoms with Gasteiger partial charge in [0, 0.05) is 11.6 Å². The first-order valence-corrected chi connectivity index (χ1v) is 8.75. The van der Waals surface area contributed by atoms with Crippen LogP contribution in [0.5, 0.6) is 0 Å². The number of fused-ring (bicyclic) bond motifs is 1. The highest BCUT2D eigenvalue weighted by atomic mass is 16.2. The fourth-order valence-corrected chi connectivity index (χ4v) is 5.18. The molecule has 4 rings (SSSR count). The van der Waals surface area contributed by atoms with Gasteiger partial charge in [-0.15, -0.1) is 0 Å². The molecule has 3 unspecified atom stereocenters. The zero-order valence-electron chi connectivity index (χ0n) is 12.9. The van der Waals surface area contributed by atoms with Gasteiger partial charge in [0.1, 0.15) is 0 Å². The summed E-state index contributed by atoms with van der Waals surface area (Å²) in [6, 6.07) is 0.164. The summed E-state index contributed by atoms with van der Waals surface area (Å²) in [6.07, 6.45) is 8.62. The van der Waals surface area contributed by atoms with E-state index in [2.05, 4.69) is 12.2 Å². The predicted octanol–water partition coefficient (Wildman–Crippen LogP) is 2.08. The van der Waals surface area contributed by atoms with Gasteiger partial charge in [-0.1, -0.05) is 13.3 Å². The highest BCUT2D eigenvalue weighted by Crippen LogP contribution is 2.47. The molecule has 2 aliphatic carbocycles. The molecule has 0 bridgehead atoms. The minimum atomic E-state index is 0.00896. The smallest absolute Gasteiger partial charge is 0.233 e. The number of nitrogens with one attached hydrogen (secondary N) is 1. The molecule has 0 aromatic carbocycles. The van der Waals surface area contributed by atoms with E-state index in [0.29, 0.717) is 5.92 Å². The average Bonchev–Trinajstić information content (AvgIpc) is 2.98. The topological polar surface area (TPSA) is 49.4 Å². The maximum Gasteiger partial charge on any atom is 0.233 e. The summed E-state index contributed by atoms with van der Waals surface area (Å²) in [4.78, 5) is 27.2. The number of carbonyl (C=O) groups is 2. The minimum Gasteiger partial charge on any atom is -0.311 e. The molecule has 2 amide bonds. The van der Waals surface area contributed by atoms with Crippen LogP contribution in [0.25, 0.3) is 0 Å². The van der Waals surface area contributed by atoms with Crippen molar-refractivity contribution in [2.24, 2.45) is 17.8 Å². The number of carbonyl (C=O) groups excluding carboxylic acids is 2. The van der Waals surface area contributed by atoms with Crippen molar-refractivity contribution in [3.8, 4) is 0 Å². The van der Waals surface area contributed by atoms with Crippen molar-refractivity contribution in [3.05, 3.63) is 0 Å². The summed E-state index contributed by atoms with van der Waals surface area (Å²) < 4.78 is 0. The maximum absolute atomic E-state index is 12.8. The molecule has 21 heavy (non-hydrogen) atoms. The van der Waals surface area contributed by atoms with Crippen LogP contribution in [0.4, 0.5) is 0 Å². The molecule has 4 nitrogen and oxygen atoms in total. The van der Waals surface area contributed by atoms with E-state index in [4.69, 9.17) is 0 Å². The lowest BCUT2D eigenvalue weighted by Crippen LogP contribution is -2.60. The number of imide groups is 1. The van der Waals surface area contributed by atoms with E-state index < -0.39 is 0 Å². The molecule has 4 heteroatoms. The van der Waals surface area contributed by atoms with Crippen molar-refractivity contribution in [1.29, 1.82) is 0 Å². The van der Waals surface area contributed by atoms with Gasteiger partial charge in [-0.25, -0.2) is 0 Å². The lowest BCUT2D eigenvalue weighted by atomic mass is 9.70. The third-order valence-corrected chi connectivity index (χ3v) is 6.63. The quantitative estimate of drug-likeness (QED) is 0.792. The van der Waals surface area contributed by atoms with Gasteiger partial charge in [-0.3, -0.25) is 14.5 Å². The van der Waals surface area contributed by atoms with Gasteiger partial charge in [0.15, 0.2) is 0 Å². The number of rotatable bonds is 2.